The maximum atomic E-state index is 12.3. The lowest BCUT2D eigenvalue weighted by molar-refractivity contribution is -0.131. The van der Waals surface area contributed by atoms with E-state index >= 15 is 0 Å². The first-order valence-corrected chi connectivity index (χ1v) is 7.92. The maximum Gasteiger partial charge on any atom is 0.228 e. The molecule has 2 heterocycles. The van der Waals surface area contributed by atoms with Crippen molar-refractivity contribution in [3.63, 3.8) is 0 Å². The molecule has 1 aliphatic rings. The lowest BCUT2D eigenvalue weighted by atomic mass is 9.99. The highest BCUT2D eigenvalue weighted by Gasteiger charge is 2.21. The Morgan fingerprint density at radius 1 is 1.27 bits per heavy atom. The Bertz CT molecular complexity index is 637. The van der Waals surface area contributed by atoms with Crippen LogP contribution in [0.4, 0.5) is 0 Å². The molecule has 0 spiro atoms. The van der Waals surface area contributed by atoms with E-state index in [0.29, 0.717) is 12.1 Å². The molecular formula is C18H22N2O2. The summed E-state index contributed by atoms with van der Waals surface area (Å²) in [4.78, 5) is 14.3. The first-order valence-electron chi connectivity index (χ1n) is 7.92. The second kappa shape index (κ2) is 6.34. The van der Waals surface area contributed by atoms with E-state index < -0.39 is 0 Å². The molecule has 4 heteroatoms. The van der Waals surface area contributed by atoms with E-state index in [1.165, 1.54) is 5.56 Å². The van der Waals surface area contributed by atoms with Crippen LogP contribution in [0, 0.1) is 12.8 Å². The predicted octanol–water partition coefficient (Wildman–Crippen LogP) is 3.45. The standard InChI is InChI=1S/C18H22N2O2/c1-13-3-5-15(6-4-13)17-11-16(19-22-17)12-18(21)20-9-7-14(2)8-10-20/h3-6,11,14H,7-10,12H2,1-2H3. The van der Waals surface area contributed by atoms with Gasteiger partial charge in [-0.1, -0.05) is 41.9 Å². The van der Waals surface area contributed by atoms with Crippen molar-refractivity contribution in [1.29, 1.82) is 0 Å². The summed E-state index contributed by atoms with van der Waals surface area (Å²) in [7, 11) is 0. The van der Waals surface area contributed by atoms with Gasteiger partial charge in [-0.2, -0.15) is 0 Å². The summed E-state index contributed by atoms with van der Waals surface area (Å²) in [5, 5.41) is 4.04. The Labute approximate surface area is 131 Å². The number of amides is 1. The van der Waals surface area contributed by atoms with Crippen LogP contribution in [0.25, 0.3) is 11.3 Å². The number of nitrogens with zero attached hydrogens (tertiary/aromatic N) is 2. The molecule has 4 nitrogen and oxygen atoms in total. The molecule has 1 saturated heterocycles. The quantitative estimate of drug-likeness (QED) is 0.872. The topological polar surface area (TPSA) is 46.3 Å². The molecule has 0 radical (unpaired) electrons. The molecule has 1 aliphatic heterocycles. The van der Waals surface area contributed by atoms with Crippen molar-refractivity contribution in [3.05, 3.63) is 41.6 Å². The van der Waals surface area contributed by atoms with Crippen LogP contribution in [0.3, 0.4) is 0 Å². The van der Waals surface area contributed by atoms with Crippen LogP contribution in [0.5, 0.6) is 0 Å². The van der Waals surface area contributed by atoms with Gasteiger partial charge in [-0.15, -0.1) is 0 Å². The third-order valence-corrected chi connectivity index (χ3v) is 4.36. The van der Waals surface area contributed by atoms with Crippen LogP contribution in [0.15, 0.2) is 34.9 Å². The number of hydrogen-bond acceptors (Lipinski definition) is 3. The molecule has 22 heavy (non-hydrogen) atoms. The van der Waals surface area contributed by atoms with E-state index in [1.54, 1.807) is 0 Å². The average Bonchev–Trinajstić information content (AvgIpc) is 2.97. The fourth-order valence-electron chi connectivity index (χ4n) is 2.77. The molecule has 0 N–H and O–H groups in total. The Morgan fingerprint density at radius 2 is 1.95 bits per heavy atom. The minimum absolute atomic E-state index is 0.149. The lowest BCUT2D eigenvalue weighted by Gasteiger charge is -2.30. The van der Waals surface area contributed by atoms with Crippen molar-refractivity contribution in [2.24, 2.45) is 5.92 Å². The summed E-state index contributed by atoms with van der Waals surface area (Å²) < 4.78 is 5.38. The Balaban J connectivity index is 1.64. The first kappa shape index (κ1) is 14.8. The highest BCUT2D eigenvalue weighted by Crippen LogP contribution is 2.22. The maximum absolute atomic E-state index is 12.3. The van der Waals surface area contributed by atoms with Gasteiger partial charge >= 0.3 is 0 Å². The van der Waals surface area contributed by atoms with Crippen molar-refractivity contribution in [3.8, 4) is 11.3 Å². The fourth-order valence-corrected chi connectivity index (χ4v) is 2.77. The van der Waals surface area contributed by atoms with E-state index in [4.69, 9.17) is 4.52 Å². The van der Waals surface area contributed by atoms with Crippen LogP contribution >= 0.6 is 0 Å². The summed E-state index contributed by atoms with van der Waals surface area (Å²) in [6.07, 6.45) is 2.52. The van der Waals surface area contributed by atoms with Crippen molar-refractivity contribution in [2.75, 3.05) is 13.1 Å². The fraction of sp³-hybridized carbons (Fsp3) is 0.444. The van der Waals surface area contributed by atoms with Gasteiger partial charge in [0.05, 0.1) is 12.1 Å². The second-order valence-electron chi connectivity index (χ2n) is 6.29. The number of rotatable bonds is 3. The van der Waals surface area contributed by atoms with Gasteiger partial charge in [-0.05, 0) is 25.7 Å². The lowest BCUT2D eigenvalue weighted by Crippen LogP contribution is -2.38. The van der Waals surface area contributed by atoms with Crippen molar-refractivity contribution in [1.82, 2.24) is 10.1 Å². The summed E-state index contributed by atoms with van der Waals surface area (Å²) in [6.45, 7) is 6.02. The zero-order valence-electron chi connectivity index (χ0n) is 13.2. The van der Waals surface area contributed by atoms with Gasteiger partial charge in [-0.25, -0.2) is 0 Å². The molecule has 1 fully saturated rings. The van der Waals surface area contributed by atoms with E-state index in [2.05, 4.69) is 12.1 Å². The third kappa shape index (κ3) is 3.38. The molecule has 0 atom stereocenters. The Morgan fingerprint density at radius 3 is 2.64 bits per heavy atom. The molecule has 0 saturated carbocycles. The number of hydrogen-bond donors (Lipinski definition) is 0. The zero-order chi connectivity index (χ0) is 15.5. The number of aromatic nitrogens is 1. The van der Waals surface area contributed by atoms with Crippen LogP contribution in [-0.4, -0.2) is 29.1 Å². The van der Waals surface area contributed by atoms with Gasteiger partial charge < -0.3 is 9.42 Å². The highest BCUT2D eigenvalue weighted by molar-refractivity contribution is 5.78. The van der Waals surface area contributed by atoms with Crippen molar-refractivity contribution in [2.45, 2.75) is 33.1 Å². The van der Waals surface area contributed by atoms with Gasteiger partial charge in [0, 0.05) is 24.7 Å². The third-order valence-electron chi connectivity index (χ3n) is 4.36. The van der Waals surface area contributed by atoms with Gasteiger partial charge in [0.25, 0.3) is 0 Å². The van der Waals surface area contributed by atoms with Gasteiger partial charge in [0.2, 0.25) is 5.91 Å². The van der Waals surface area contributed by atoms with Crippen molar-refractivity contribution < 1.29 is 9.32 Å². The zero-order valence-corrected chi connectivity index (χ0v) is 13.2. The van der Waals surface area contributed by atoms with E-state index in [1.807, 2.05) is 42.2 Å². The van der Waals surface area contributed by atoms with Crippen LogP contribution in [-0.2, 0) is 11.2 Å². The van der Waals surface area contributed by atoms with Crippen LogP contribution in [0.1, 0.15) is 31.0 Å². The molecule has 0 bridgehead atoms. The summed E-state index contributed by atoms with van der Waals surface area (Å²) in [5.41, 5.74) is 2.90. The molecule has 1 aromatic heterocycles. The number of carbonyl (C=O) groups excluding carboxylic acids is 1. The summed E-state index contributed by atoms with van der Waals surface area (Å²) >= 11 is 0. The van der Waals surface area contributed by atoms with E-state index in [9.17, 15) is 4.79 Å². The number of benzene rings is 1. The predicted molar refractivity (Wildman–Crippen MR) is 85.4 cm³/mol. The summed E-state index contributed by atoms with van der Waals surface area (Å²) in [6, 6.07) is 9.96. The molecule has 116 valence electrons. The van der Waals surface area contributed by atoms with E-state index in [0.717, 1.165) is 43.2 Å². The SMILES string of the molecule is Cc1ccc(-c2cc(CC(=O)N3CCC(C)CC3)no2)cc1. The normalized spacial score (nSPS) is 16.0. The monoisotopic (exact) mass is 298 g/mol. The minimum atomic E-state index is 0.149. The first-order chi connectivity index (χ1) is 10.6. The van der Waals surface area contributed by atoms with Gasteiger partial charge in [-0.3, -0.25) is 4.79 Å². The van der Waals surface area contributed by atoms with Gasteiger partial charge in [0.15, 0.2) is 5.76 Å². The number of likely N-dealkylation sites (tertiary alicyclic amines) is 1. The largest absolute Gasteiger partial charge is 0.356 e. The Kier molecular flexibility index (Phi) is 4.27. The minimum Gasteiger partial charge on any atom is -0.356 e. The molecule has 1 amide bonds. The van der Waals surface area contributed by atoms with Crippen LogP contribution < -0.4 is 0 Å². The second-order valence-corrected chi connectivity index (χ2v) is 6.29. The van der Waals surface area contributed by atoms with Crippen molar-refractivity contribution >= 4 is 5.91 Å². The molecule has 0 aliphatic carbocycles. The molecular weight excluding hydrogens is 276 g/mol. The Hall–Kier alpha value is -2.10. The molecule has 0 unspecified atom stereocenters. The average molecular weight is 298 g/mol. The molecule has 2 aromatic rings. The smallest absolute Gasteiger partial charge is 0.228 e. The van der Waals surface area contributed by atoms with E-state index in [-0.39, 0.29) is 5.91 Å². The molecule has 1 aromatic carbocycles. The highest BCUT2D eigenvalue weighted by atomic mass is 16.5. The summed E-state index contributed by atoms with van der Waals surface area (Å²) in [5.74, 6) is 1.59. The van der Waals surface area contributed by atoms with Gasteiger partial charge in [0.1, 0.15) is 0 Å². The molecule has 3 rings (SSSR count). The number of piperidine rings is 1. The number of aryl methyl sites for hydroxylation is 1. The van der Waals surface area contributed by atoms with Crippen LogP contribution in [0.2, 0.25) is 0 Å². The number of carbonyl (C=O) groups is 1.